The maximum Gasteiger partial charge on any atom is 0.528 e. The van der Waals surface area contributed by atoms with Gasteiger partial charge in [-0.05, 0) is 61.1 Å². The summed E-state index contributed by atoms with van der Waals surface area (Å²) in [6, 6.07) is 5.83. The summed E-state index contributed by atoms with van der Waals surface area (Å²) in [4.78, 5) is 33.1. The second-order valence-electron chi connectivity index (χ2n) is 9.08. The molecular formula is C26H35ClN6O2+. The maximum absolute atomic E-state index is 13.1. The Labute approximate surface area is 213 Å². The Morgan fingerprint density at radius 2 is 2.06 bits per heavy atom. The van der Waals surface area contributed by atoms with Gasteiger partial charge in [0.05, 0.1) is 26.3 Å². The van der Waals surface area contributed by atoms with Crippen LogP contribution in [0.5, 0.6) is 0 Å². The molecule has 1 radical (unpaired) electrons. The monoisotopic (exact) mass is 498 g/mol. The fourth-order valence-corrected chi connectivity index (χ4v) is 3.87. The first-order chi connectivity index (χ1) is 16.8. The summed E-state index contributed by atoms with van der Waals surface area (Å²) in [7, 11) is 3.35. The Bertz CT molecular complexity index is 1040. The Hall–Kier alpha value is -2.84. The summed E-state index contributed by atoms with van der Waals surface area (Å²) in [5, 5.41) is 0.0306. The Kier molecular flexibility index (Phi) is 9.74. The van der Waals surface area contributed by atoms with E-state index >= 15 is 0 Å². The first kappa shape index (κ1) is 26.8. The number of pyridine rings is 1. The van der Waals surface area contributed by atoms with Gasteiger partial charge in [-0.25, -0.2) is 0 Å². The highest BCUT2D eigenvalue weighted by Crippen LogP contribution is 2.25. The third-order valence-corrected chi connectivity index (χ3v) is 6.15. The minimum atomic E-state index is -0.512. The number of nitrogens with zero attached hydrogens (tertiary/aromatic N) is 6. The van der Waals surface area contributed by atoms with Crippen LogP contribution < -0.4 is 9.38 Å². The smallest absolute Gasteiger partial charge is 0.381 e. The van der Waals surface area contributed by atoms with Crippen molar-refractivity contribution in [2.45, 2.75) is 52.5 Å². The van der Waals surface area contributed by atoms with Crippen molar-refractivity contribution in [3.63, 3.8) is 0 Å². The van der Waals surface area contributed by atoms with E-state index in [4.69, 9.17) is 21.3 Å². The first-order valence-electron chi connectivity index (χ1n) is 12.2. The van der Waals surface area contributed by atoms with Gasteiger partial charge in [0.1, 0.15) is 5.76 Å². The second-order valence-corrected chi connectivity index (χ2v) is 9.42. The fourth-order valence-electron chi connectivity index (χ4n) is 3.72. The van der Waals surface area contributed by atoms with Crippen LogP contribution in [-0.4, -0.2) is 46.7 Å². The lowest BCUT2D eigenvalue weighted by Gasteiger charge is -2.28. The number of allylic oxidation sites excluding steroid dienone is 3. The van der Waals surface area contributed by atoms with Gasteiger partial charge in [-0.2, -0.15) is 14.3 Å². The molecule has 0 saturated heterocycles. The molecule has 1 atom stereocenters. The van der Waals surface area contributed by atoms with E-state index in [-0.39, 0.29) is 15.7 Å². The molecule has 35 heavy (non-hydrogen) atoms. The van der Waals surface area contributed by atoms with Crippen LogP contribution >= 0.6 is 11.6 Å². The molecule has 0 N–H and O–H groups in total. The lowest BCUT2D eigenvalue weighted by molar-refractivity contribution is 0.148. The SMILES string of the molecule is CCCCC(CC)CN(Cc1ccccn1)c1nc(Cl)nc([N+](C)(C)C(=O)OC2=CC[CH]C=C2)n1. The van der Waals surface area contributed by atoms with Gasteiger partial charge in [-0.15, -0.1) is 9.97 Å². The lowest BCUT2D eigenvalue weighted by atomic mass is 9.99. The van der Waals surface area contributed by atoms with Gasteiger partial charge in [0.2, 0.25) is 11.2 Å². The highest BCUT2D eigenvalue weighted by Gasteiger charge is 2.37. The van der Waals surface area contributed by atoms with Gasteiger partial charge in [0.15, 0.2) is 0 Å². The van der Waals surface area contributed by atoms with Crippen molar-refractivity contribution >= 4 is 29.6 Å². The van der Waals surface area contributed by atoms with Crippen molar-refractivity contribution in [2.75, 3.05) is 25.5 Å². The van der Waals surface area contributed by atoms with Crippen LogP contribution in [0.25, 0.3) is 0 Å². The van der Waals surface area contributed by atoms with E-state index in [1.54, 1.807) is 26.4 Å². The molecule has 0 aliphatic heterocycles. The van der Waals surface area contributed by atoms with Crippen molar-refractivity contribution in [1.82, 2.24) is 24.4 Å². The van der Waals surface area contributed by atoms with Crippen LogP contribution in [0.1, 0.15) is 51.6 Å². The third-order valence-electron chi connectivity index (χ3n) is 5.98. The Morgan fingerprint density at radius 3 is 2.71 bits per heavy atom. The number of quaternary nitrogens is 1. The average Bonchev–Trinajstić information content (AvgIpc) is 2.86. The van der Waals surface area contributed by atoms with Gasteiger partial charge in [-0.3, -0.25) is 4.98 Å². The molecule has 0 saturated carbocycles. The molecule has 1 amide bonds. The first-order valence-corrected chi connectivity index (χ1v) is 12.5. The number of hydrogen-bond acceptors (Lipinski definition) is 7. The zero-order valence-electron chi connectivity index (χ0n) is 21.0. The van der Waals surface area contributed by atoms with E-state index in [2.05, 4.69) is 33.7 Å². The molecule has 9 heteroatoms. The summed E-state index contributed by atoms with van der Waals surface area (Å²) in [6.45, 7) is 5.67. The number of ether oxygens (including phenoxy) is 1. The van der Waals surface area contributed by atoms with Crippen molar-refractivity contribution < 1.29 is 9.53 Å². The van der Waals surface area contributed by atoms with E-state index < -0.39 is 6.09 Å². The molecule has 3 rings (SSSR count). The summed E-state index contributed by atoms with van der Waals surface area (Å²) in [6.07, 6.45) is 13.9. The largest absolute Gasteiger partial charge is 0.528 e. The standard InChI is InChI=1S/C26H35ClN6O2/c1-5-7-13-20(6-2)18-32(19-21-14-11-12-17-28-21)24-29-23(27)30-25(31-24)33(3,4)26(34)35-22-15-9-8-10-16-22/h8-9,11-12,14-17,20H,5-7,10,13,18-19H2,1-4H3/q+1. The Balaban J connectivity index is 1.91. The minimum Gasteiger partial charge on any atom is -0.381 e. The number of carbonyl (C=O) groups is 1. The van der Waals surface area contributed by atoms with Crippen LogP contribution in [0, 0.1) is 12.3 Å². The number of unbranched alkanes of at least 4 members (excludes halogenated alkanes) is 1. The number of amides is 1. The average molecular weight is 499 g/mol. The summed E-state index contributed by atoms with van der Waals surface area (Å²) >= 11 is 6.36. The van der Waals surface area contributed by atoms with Gasteiger partial charge in [0, 0.05) is 12.7 Å². The van der Waals surface area contributed by atoms with E-state index in [1.807, 2.05) is 36.8 Å². The summed E-state index contributed by atoms with van der Waals surface area (Å²) in [5.74, 6) is 1.60. The summed E-state index contributed by atoms with van der Waals surface area (Å²) < 4.78 is 5.25. The van der Waals surface area contributed by atoms with Crippen LogP contribution in [0.2, 0.25) is 5.28 Å². The normalized spacial score (nSPS) is 14.4. The van der Waals surface area contributed by atoms with Crippen LogP contribution in [0.4, 0.5) is 16.7 Å². The zero-order valence-corrected chi connectivity index (χ0v) is 21.8. The van der Waals surface area contributed by atoms with Crippen molar-refractivity contribution in [3.05, 3.63) is 65.8 Å². The molecule has 187 valence electrons. The van der Waals surface area contributed by atoms with Crippen molar-refractivity contribution in [1.29, 1.82) is 0 Å². The lowest BCUT2D eigenvalue weighted by Crippen LogP contribution is -2.48. The topological polar surface area (TPSA) is 81.1 Å². The summed E-state index contributed by atoms with van der Waals surface area (Å²) in [5.41, 5.74) is 0.900. The highest BCUT2D eigenvalue weighted by molar-refractivity contribution is 6.28. The molecular weight excluding hydrogens is 464 g/mol. The third kappa shape index (κ3) is 7.57. The molecule has 0 aromatic carbocycles. The molecule has 0 spiro atoms. The molecule has 2 aromatic rings. The van der Waals surface area contributed by atoms with Crippen molar-refractivity contribution in [3.8, 4) is 0 Å². The van der Waals surface area contributed by atoms with Gasteiger partial charge in [-0.1, -0.05) is 45.3 Å². The van der Waals surface area contributed by atoms with E-state index in [0.717, 1.165) is 37.9 Å². The zero-order chi connectivity index (χ0) is 25.3. The molecule has 2 aromatic heterocycles. The second kappa shape index (κ2) is 12.7. The molecule has 2 heterocycles. The maximum atomic E-state index is 13.1. The number of halogens is 1. The number of aromatic nitrogens is 4. The fraction of sp³-hybridized carbons (Fsp3) is 0.462. The van der Waals surface area contributed by atoms with E-state index in [9.17, 15) is 4.79 Å². The molecule has 1 aliphatic rings. The molecule has 0 bridgehead atoms. The van der Waals surface area contributed by atoms with Crippen molar-refractivity contribution in [2.24, 2.45) is 5.92 Å². The van der Waals surface area contributed by atoms with Crippen LogP contribution in [-0.2, 0) is 11.3 Å². The quantitative estimate of drug-likeness (QED) is 0.357. The van der Waals surface area contributed by atoms with Crippen LogP contribution in [0.15, 0.2) is 48.4 Å². The highest BCUT2D eigenvalue weighted by atomic mass is 35.5. The van der Waals surface area contributed by atoms with Gasteiger partial charge in [0.25, 0.3) is 0 Å². The number of carbonyl (C=O) groups excluding carboxylic acids is 1. The minimum absolute atomic E-state index is 0.0306. The molecule has 1 unspecified atom stereocenters. The molecule has 1 aliphatic carbocycles. The predicted octanol–water partition coefficient (Wildman–Crippen LogP) is 5.89. The number of rotatable bonds is 11. The van der Waals surface area contributed by atoms with E-state index in [1.165, 1.54) is 0 Å². The van der Waals surface area contributed by atoms with Gasteiger partial charge >= 0.3 is 12.0 Å². The van der Waals surface area contributed by atoms with Crippen LogP contribution in [0.3, 0.4) is 0 Å². The molecule has 8 nitrogen and oxygen atoms in total. The number of anilines is 1. The predicted molar refractivity (Wildman–Crippen MR) is 140 cm³/mol. The van der Waals surface area contributed by atoms with Gasteiger partial charge < -0.3 is 9.64 Å². The number of hydrogen-bond donors (Lipinski definition) is 0. The van der Waals surface area contributed by atoms with E-state index in [0.29, 0.717) is 30.6 Å². The molecule has 0 fully saturated rings. The Morgan fingerprint density at radius 1 is 1.23 bits per heavy atom.